The summed E-state index contributed by atoms with van der Waals surface area (Å²) in [7, 11) is 2.97. The van der Waals surface area contributed by atoms with Crippen molar-refractivity contribution in [3.63, 3.8) is 0 Å². The fraction of sp³-hybridized carbons (Fsp3) is 0.250. The second-order valence-corrected chi connectivity index (χ2v) is 4.57. The molecule has 1 heterocycles. The number of aromatic nitrogens is 1. The summed E-state index contributed by atoms with van der Waals surface area (Å²) >= 11 is 0. The predicted octanol–water partition coefficient (Wildman–Crippen LogP) is 3.16. The summed E-state index contributed by atoms with van der Waals surface area (Å²) in [4.78, 5) is 16.1. The van der Waals surface area contributed by atoms with Crippen molar-refractivity contribution >= 4 is 5.97 Å². The number of hydrogen-bond acceptors (Lipinski definition) is 4. The monoisotopic (exact) mass is 271 g/mol. The fourth-order valence-electron chi connectivity index (χ4n) is 2.09. The Hall–Kier alpha value is -2.36. The van der Waals surface area contributed by atoms with E-state index in [9.17, 15) is 4.79 Å². The van der Waals surface area contributed by atoms with Crippen LogP contribution in [0.15, 0.2) is 30.5 Å². The van der Waals surface area contributed by atoms with Gasteiger partial charge in [-0.2, -0.15) is 0 Å². The van der Waals surface area contributed by atoms with Gasteiger partial charge in [0.15, 0.2) is 0 Å². The predicted molar refractivity (Wildman–Crippen MR) is 77.0 cm³/mol. The Bertz CT molecular complexity index is 650. The number of esters is 1. The molecule has 0 bridgehead atoms. The maximum Gasteiger partial charge on any atom is 0.340 e. The van der Waals surface area contributed by atoms with Crippen LogP contribution in [0, 0.1) is 13.8 Å². The Morgan fingerprint density at radius 3 is 2.50 bits per heavy atom. The molecular weight excluding hydrogens is 254 g/mol. The lowest BCUT2D eigenvalue weighted by Crippen LogP contribution is -2.05. The lowest BCUT2D eigenvalue weighted by Gasteiger charge is -2.13. The maximum atomic E-state index is 11.9. The molecule has 0 unspecified atom stereocenters. The number of benzene rings is 1. The molecule has 0 fully saturated rings. The van der Waals surface area contributed by atoms with Crippen molar-refractivity contribution in [2.45, 2.75) is 13.8 Å². The molecule has 1 aromatic carbocycles. The average Bonchev–Trinajstić information content (AvgIpc) is 2.46. The molecule has 0 N–H and O–H groups in total. The van der Waals surface area contributed by atoms with E-state index >= 15 is 0 Å². The Morgan fingerprint density at radius 1 is 1.10 bits per heavy atom. The quantitative estimate of drug-likeness (QED) is 0.804. The highest BCUT2D eigenvalue weighted by Gasteiger charge is 2.17. The number of ether oxygens (including phenoxy) is 2. The van der Waals surface area contributed by atoms with Crippen LogP contribution < -0.4 is 4.74 Å². The summed E-state index contributed by atoms with van der Waals surface area (Å²) < 4.78 is 10.2. The van der Waals surface area contributed by atoms with Gasteiger partial charge in [-0.1, -0.05) is 11.6 Å². The molecule has 0 spiro atoms. The van der Waals surface area contributed by atoms with Crippen molar-refractivity contribution in [2.75, 3.05) is 14.2 Å². The number of hydrogen-bond donors (Lipinski definition) is 0. The van der Waals surface area contributed by atoms with E-state index in [0.29, 0.717) is 11.3 Å². The molecule has 20 heavy (non-hydrogen) atoms. The molecular formula is C16H17NO3. The molecule has 0 aliphatic carbocycles. The van der Waals surface area contributed by atoms with Gasteiger partial charge in [0.05, 0.1) is 19.8 Å². The first-order chi connectivity index (χ1) is 9.56. The summed E-state index contributed by atoms with van der Waals surface area (Å²) in [6.45, 7) is 3.88. The van der Waals surface area contributed by atoms with Crippen molar-refractivity contribution in [2.24, 2.45) is 0 Å². The van der Waals surface area contributed by atoms with E-state index in [0.717, 1.165) is 22.4 Å². The van der Waals surface area contributed by atoms with E-state index in [4.69, 9.17) is 9.47 Å². The molecule has 0 aliphatic heterocycles. The van der Waals surface area contributed by atoms with Crippen LogP contribution in [0.4, 0.5) is 0 Å². The van der Waals surface area contributed by atoms with E-state index in [1.165, 1.54) is 13.3 Å². The zero-order valence-electron chi connectivity index (χ0n) is 12.1. The summed E-state index contributed by atoms with van der Waals surface area (Å²) in [5.41, 5.74) is 3.98. The molecule has 0 atom stereocenters. The van der Waals surface area contributed by atoms with Crippen LogP contribution in [0.3, 0.4) is 0 Å². The second kappa shape index (κ2) is 5.74. The molecule has 0 saturated heterocycles. The molecule has 2 aromatic rings. The van der Waals surface area contributed by atoms with E-state index in [2.05, 4.69) is 4.98 Å². The fourth-order valence-corrected chi connectivity index (χ4v) is 2.09. The standard InChI is InChI=1S/C16H17NO3/c1-10-5-6-15(19-3)13(7-10)12-8-11(2)17-9-14(12)16(18)20-4/h5-9H,1-4H3. The molecule has 0 aliphatic rings. The van der Waals surface area contributed by atoms with E-state index in [-0.39, 0.29) is 0 Å². The first-order valence-electron chi connectivity index (χ1n) is 6.26. The zero-order valence-corrected chi connectivity index (χ0v) is 12.1. The Morgan fingerprint density at radius 2 is 1.85 bits per heavy atom. The first kappa shape index (κ1) is 14.1. The number of nitrogens with zero attached hydrogens (tertiary/aromatic N) is 1. The number of carbonyl (C=O) groups is 1. The summed E-state index contributed by atoms with van der Waals surface area (Å²) in [6.07, 6.45) is 1.54. The van der Waals surface area contributed by atoms with Gasteiger partial charge in [-0.3, -0.25) is 4.98 Å². The van der Waals surface area contributed by atoms with Gasteiger partial charge in [0.1, 0.15) is 5.75 Å². The third kappa shape index (κ3) is 2.64. The maximum absolute atomic E-state index is 11.9. The van der Waals surface area contributed by atoms with Crippen LogP contribution in [-0.4, -0.2) is 25.2 Å². The van der Waals surface area contributed by atoms with Gasteiger partial charge in [0.25, 0.3) is 0 Å². The topological polar surface area (TPSA) is 48.4 Å². The minimum absolute atomic E-state index is 0.406. The highest BCUT2D eigenvalue weighted by atomic mass is 16.5. The molecule has 0 radical (unpaired) electrons. The van der Waals surface area contributed by atoms with Crippen molar-refractivity contribution in [3.05, 3.63) is 47.3 Å². The van der Waals surface area contributed by atoms with Gasteiger partial charge in [-0.15, -0.1) is 0 Å². The van der Waals surface area contributed by atoms with Crippen molar-refractivity contribution < 1.29 is 14.3 Å². The van der Waals surface area contributed by atoms with Crippen molar-refractivity contribution in [1.82, 2.24) is 4.98 Å². The number of aryl methyl sites for hydroxylation is 2. The van der Waals surface area contributed by atoms with E-state index < -0.39 is 5.97 Å². The van der Waals surface area contributed by atoms with E-state index in [1.807, 2.05) is 38.1 Å². The summed E-state index contributed by atoms with van der Waals surface area (Å²) in [5, 5.41) is 0. The molecule has 4 nitrogen and oxygen atoms in total. The Kier molecular flexibility index (Phi) is 4.03. The number of rotatable bonds is 3. The Balaban J connectivity index is 2.71. The van der Waals surface area contributed by atoms with Crippen LogP contribution >= 0.6 is 0 Å². The Labute approximate surface area is 118 Å². The SMILES string of the molecule is COC(=O)c1cnc(C)cc1-c1cc(C)ccc1OC. The zero-order chi connectivity index (χ0) is 14.7. The van der Waals surface area contributed by atoms with Crippen LogP contribution in [0.25, 0.3) is 11.1 Å². The largest absolute Gasteiger partial charge is 0.496 e. The van der Waals surface area contributed by atoms with Gasteiger partial charge in [0.2, 0.25) is 0 Å². The molecule has 2 rings (SSSR count). The van der Waals surface area contributed by atoms with Crippen molar-refractivity contribution in [3.8, 4) is 16.9 Å². The molecule has 1 aromatic heterocycles. The van der Waals surface area contributed by atoms with Gasteiger partial charge in [0, 0.05) is 23.0 Å². The minimum Gasteiger partial charge on any atom is -0.496 e. The third-order valence-electron chi connectivity index (χ3n) is 3.09. The number of carbonyl (C=O) groups excluding carboxylic acids is 1. The van der Waals surface area contributed by atoms with Gasteiger partial charge in [-0.05, 0) is 32.0 Å². The van der Waals surface area contributed by atoms with Gasteiger partial charge < -0.3 is 9.47 Å². The van der Waals surface area contributed by atoms with E-state index in [1.54, 1.807) is 7.11 Å². The summed E-state index contributed by atoms with van der Waals surface area (Å²) in [5.74, 6) is 0.308. The second-order valence-electron chi connectivity index (χ2n) is 4.57. The van der Waals surface area contributed by atoms with Crippen LogP contribution in [0.1, 0.15) is 21.6 Å². The lowest BCUT2D eigenvalue weighted by atomic mass is 9.98. The molecule has 0 saturated carbocycles. The number of methoxy groups -OCH3 is 2. The minimum atomic E-state index is -0.406. The third-order valence-corrected chi connectivity index (χ3v) is 3.09. The van der Waals surface area contributed by atoms with Gasteiger partial charge in [-0.25, -0.2) is 4.79 Å². The van der Waals surface area contributed by atoms with Crippen LogP contribution in [0.2, 0.25) is 0 Å². The van der Waals surface area contributed by atoms with Crippen molar-refractivity contribution in [1.29, 1.82) is 0 Å². The molecule has 104 valence electrons. The molecule has 4 heteroatoms. The highest BCUT2D eigenvalue weighted by molar-refractivity contribution is 5.97. The smallest absolute Gasteiger partial charge is 0.340 e. The molecule has 0 amide bonds. The highest BCUT2D eigenvalue weighted by Crippen LogP contribution is 2.33. The lowest BCUT2D eigenvalue weighted by molar-refractivity contribution is 0.0601. The summed E-state index contributed by atoms with van der Waals surface area (Å²) in [6, 6.07) is 7.71. The van der Waals surface area contributed by atoms with Gasteiger partial charge >= 0.3 is 5.97 Å². The normalized spacial score (nSPS) is 10.2. The van der Waals surface area contributed by atoms with Crippen LogP contribution in [0.5, 0.6) is 5.75 Å². The average molecular weight is 271 g/mol. The first-order valence-corrected chi connectivity index (χ1v) is 6.26. The van der Waals surface area contributed by atoms with Crippen LogP contribution in [-0.2, 0) is 4.74 Å². The number of pyridine rings is 1.